The second-order valence-corrected chi connectivity index (χ2v) is 7.66. The van der Waals surface area contributed by atoms with Gasteiger partial charge in [-0.05, 0) is 43.1 Å². The Labute approximate surface area is 146 Å². The van der Waals surface area contributed by atoms with Gasteiger partial charge in [-0.2, -0.15) is 5.10 Å². The summed E-state index contributed by atoms with van der Waals surface area (Å²) in [6.45, 7) is 8.96. The van der Waals surface area contributed by atoms with Gasteiger partial charge in [-0.1, -0.05) is 38.1 Å². The highest BCUT2D eigenvalue weighted by Crippen LogP contribution is 2.28. The van der Waals surface area contributed by atoms with E-state index in [-0.39, 0.29) is 0 Å². The first-order valence-corrected chi connectivity index (χ1v) is 8.97. The lowest BCUT2D eigenvalue weighted by Crippen LogP contribution is -2.37. The van der Waals surface area contributed by atoms with E-state index in [0.717, 1.165) is 24.9 Å². The minimum atomic E-state index is 0.664. The first-order chi connectivity index (χ1) is 11.5. The number of hydrogen-bond acceptors (Lipinski definition) is 3. The van der Waals surface area contributed by atoms with Crippen LogP contribution in [0.5, 0.6) is 0 Å². The van der Waals surface area contributed by atoms with Crippen LogP contribution < -0.4 is 0 Å². The molecule has 0 N–H and O–H groups in total. The van der Waals surface area contributed by atoms with Gasteiger partial charge in [0.05, 0.1) is 6.54 Å². The maximum absolute atomic E-state index is 4.30. The number of benzene rings is 1. The fraction of sp³-hybridized carbons (Fsp3) is 0.550. The molecule has 2 heterocycles. The third-order valence-corrected chi connectivity index (χ3v) is 5.23. The van der Waals surface area contributed by atoms with Crippen molar-refractivity contribution in [1.29, 1.82) is 0 Å². The number of rotatable bonds is 6. The van der Waals surface area contributed by atoms with Crippen molar-refractivity contribution < 1.29 is 0 Å². The van der Waals surface area contributed by atoms with Gasteiger partial charge in [-0.3, -0.25) is 9.58 Å². The van der Waals surface area contributed by atoms with Gasteiger partial charge in [-0.15, -0.1) is 0 Å². The highest BCUT2D eigenvalue weighted by molar-refractivity contribution is 5.24. The van der Waals surface area contributed by atoms with Gasteiger partial charge in [0.1, 0.15) is 0 Å². The number of likely N-dealkylation sites (tertiary alicyclic amines) is 1. The highest BCUT2D eigenvalue weighted by atomic mass is 15.3. The van der Waals surface area contributed by atoms with Gasteiger partial charge in [0, 0.05) is 38.1 Å². The zero-order valence-corrected chi connectivity index (χ0v) is 15.4. The van der Waals surface area contributed by atoms with E-state index < -0.39 is 0 Å². The van der Waals surface area contributed by atoms with Crippen molar-refractivity contribution in [1.82, 2.24) is 19.6 Å². The van der Waals surface area contributed by atoms with Crippen LogP contribution in [0.2, 0.25) is 0 Å². The number of nitrogens with zero attached hydrogens (tertiary/aromatic N) is 4. The predicted molar refractivity (Wildman–Crippen MR) is 98.9 cm³/mol. The smallest absolute Gasteiger partial charge is 0.0659 e. The van der Waals surface area contributed by atoms with Crippen molar-refractivity contribution in [3.8, 4) is 0 Å². The summed E-state index contributed by atoms with van der Waals surface area (Å²) in [5.74, 6) is 1.49. The van der Waals surface area contributed by atoms with E-state index in [2.05, 4.69) is 67.1 Å². The van der Waals surface area contributed by atoms with Gasteiger partial charge in [0.25, 0.3) is 0 Å². The van der Waals surface area contributed by atoms with Crippen molar-refractivity contribution in [2.75, 3.05) is 27.2 Å². The van der Waals surface area contributed by atoms with Gasteiger partial charge < -0.3 is 4.90 Å². The molecule has 1 fully saturated rings. The Balaban J connectivity index is 1.66. The van der Waals surface area contributed by atoms with Gasteiger partial charge >= 0.3 is 0 Å². The number of hydrogen-bond donors (Lipinski definition) is 0. The standard InChI is InChI=1S/C20H30N4/c1-16(2)19-14-23(15-20(19)22(3)4)12-17-7-5-8-18(11-17)13-24-10-6-9-21-24/h5-11,16,19-20H,12-15H2,1-4H3/t19-,20+/m0/s1. The molecule has 0 spiro atoms. The Kier molecular flexibility index (Phi) is 5.36. The molecule has 1 aliphatic rings. The summed E-state index contributed by atoms with van der Waals surface area (Å²) in [5, 5.41) is 4.30. The zero-order chi connectivity index (χ0) is 17.1. The largest absolute Gasteiger partial charge is 0.305 e. The maximum atomic E-state index is 4.30. The monoisotopic (exact) mass is 326 g/mol. The quantitative estimate of drug-likeness (QED) is 0.816. The summed E-state index contributed by atoms with van der Waals surface area (Å²) in [6, 6.07) is 11.6. The molecule has 24 heavy (non-hydrogen) atoms. The Morgan fingerprint density at radius 1 is 1.12 bits per heavy atom. The van der Waals surface area contributed by atoms with Crippen molar-refractivity contribution in [3.63, 3.8) is 0 Å². The molecule has 130 valence electrons. The maximum Gasteiger partial charge on any atom is 0.0659 e. The molecule has 0 aliphatic carbocycles. The van der Waals surface area contributed by atoms with Crippen molar-refractivity contribution in [2.24, 2.45) is 11.8 Å². The molecule has 0 unspecified atom stereocenters. The van der Waals surface area contributed by atoms with E-state index in [1.54, 1.807) is 0 Å². The summed E-state index contributed by atoms with van der Waals surface area (Å²) in [4.78, 5) is 5.02. The summed E-state index contributed by atoms with van der Waals surface area (Å²) < 4.78 is 1.98. The van der Waals surface area contributed by atoms with Crippen LogP contribution in [0.25, 0.3) is 0 Å². The van der Waals surface area contributed by atoms with Crippen molar-refractivity contribution >= 4 is 0 Å². The highest BCUT2D eigenvalue weighted by Gasteiger charge is 2.35. The van der Waals surface area contributed by atoms with E-state index >= 15 is 0 Å². The van der Waals surface area contributed by atoms with Crippen LogP contribution in [0.3, 0.4) is 0 Å². The van der Waals surface area contributed by atoms with Crippen molar-refractivity contribution in [3.05, 3.63) is 53.9 Å². The van der Waals surface area contributed by atoms with Crippen LogP contribution in [-0.4, -0.2) is 52.8 Å². The van der Waals surface area contributed by atoms with Gasteiger partial charge in [0.15, 0.2) is 0 Å². The summed E-state index contributed by atoms with van der Waals surface area (Å²) >= 11 is 0. The molecule has 1 aromatic carbocycles. The molecule has 4 heteroatoms. The normalized spacial score (nSPS) is 21.9. The molecular formula is C20H30N4. The first kappa shape index (κ1) is 17.2. The topological polar surface area (TPSA) is 24.3 Å². The lowest BCUT2D eigenvalue weighted by Gasteiger charge is -2.27. The first-order valence-electron chi connectivity index (χ1n) is 8.97. The molecule has 1 aliphatic heterocycles. The lowest BCUT2D eigenvalue weighted by atomic mass is 9.91. The third kappa shape index (κ3) is 4.05. The molecule has 0 amide bonds. The Morgan fingerprint density at radius 3 is 2.46 bits per heavy atom. The van der Waals surface area contributed by atoms with Crippen LogP contribution >= 0.6 is 0 Å². The average Bonchev–Trinajstić information content (AvgIpc) is 3.17. The van der Waals surface area contributed by atoms with E-state index in [0.29, 0.717) is 6.04 Å². The summed E-state index contributed by atoms with van der Waals surface area (Å²) in [6.07, 6.45) is 3.85. The fourth-order valence-electron chi connectivity index (χ4n) is 3.89. The second kappa shape index (κ2) is 7.49. The molecule has 1 saturated heterocycles. The van der Waals surface area contributed by atoms with Crippen LogP contribution in [0.15, 0.2) is 42.7 Å². The minimum Gasteiger partial charge on any atom is -0.305 e. The molecule has 1 aromatic heterocycles. The zero-order valence-electron chi connectivity index (χ0n) is 15.4. The minimum absolute atomic E-state index is 0.664. The SMILES string of the molecule is CC(C)[C@@H]1CN(Cc2cccc(Cn3cccn3)c2)C[C@H]1N(C)C. The molecule has 0 radical (unpaired) electrons. The van der Waals surface area contributed by atoms with E-state index in [1.807, 2.05) is 23.1 Å². The molecule has 2 atom stereocenters. The summed E-state index contributed by atoms with van der Waals surface area (Å²) in [5.41, 5.74) is 2.72. The Bertz CT molecular complexity index is 617. The predicted octanol–water partition coefficient (Wildman–Crippen LogP) is 2.95. The van der Waals surface area contributed by atoms with E-state index in [9.17, 15) is 0 Å². The Morgan fingerprint density at radius 2 is 1.88 bits per heavy atom. The summed E-state index contributed by atoms with van der Waals surface area (Å²) in [7, 11) is 4.43. The molecule has 0 saturated carbocycles. The number of aromatic nitrogens is 2. The molecule has 0 bridgehead atoms. The van der Waals surface area contributed by atoms with Gasteiger partial charge in [-0.25, -0.2) is 0 Å². The van der Waals surface area contributed by atoms with Crippen LogP contribution in [0.1, 0.15) is 25.0 Å². The van der Waals surface area contributed by atoms with Crippen LogP contribution in [-0.2, 0) is 13.1 Å². The van der Waals surface area contributed by atoms with Gasteiger partial charge in [0.2, 0.25) is 0 Å². The third-order valence-electron chi connectivity index (χ3n) is 5.23. The molecule has 4 nitrogen and oxygen atoms in total. The van der Waals surface area contributed by atoms with Crippen LogP contribution in [0.4, 0.5) is 0 Å². The lowest BCUT2D eigenvalue weighted by molar-refractivity contribution is 0.215. The fourth-order valence-corrected chi connectivity index (χ4v) is 3.89. The molecular weight excluding hydrogens is 296 g/mol. The van der Waals surface area contributed by atoms with Crippen LogP contribution in [0, 0.1) is 11.8 Å². The second-order valence-electron chi connectivity index (χ2n) is 7.66. The average molecular weight is 326 g/mol. The molecule has 2 aromatic rings. The molecule has 3 rings (SSSR count). The van der Waals surface area contributed by atoms with E-state index in [4.69, 9.17) is 0 Å². The number of likely N-dealkylation sites (N-methyl/N-ethyl adjacent to an activating group) is 1. The van der Waals surface area contributed by atoms with Crippen molar-refractivity contribution in [2.45, 2.75) is 33.0 Å². The Hall–Kier alpha value is -1.65. The van der Waals surface area contributed by atoms with E-state index in [1.165, 1.54) is 24.2 Å².